The first kappa shape index (κ1) is 19.0. The van der Waals surface area contributed by atoms with Gasteiger partial charge in [0, 0.05) is 6.07 Å². The molecule has 4 rings (SSSR count). The van der Waals surface area contributed by atoms with Gasteiger partial charge >= 0.3 is 0 Å². The average Bonchev–Trinajstić information content (AvgIpc) is 3.25. The third kappa shape index (κ3) is 3.81. The summed E-state index contributed by atoms with van der Waals surface area (Å²) in [7, 11) is -3.78. The van der Waals surface area contributed by atoms with Crippen LogP contribution in [0.25, 0.3) is 0 Å². The number of halogens is 2. The normalized spacial score (nSPS) is 31.7. The molecule has 3 saturated carbocycles. The number of benzene rings is 1. The van der Waals surface area contributed by atoms with E-state index in [9.17, 15) is 17.6 Å². The fourth-order valence-electron chi connectivity index (χ4n) is 5.51. The molecule has 8 heteroatoms. The molecular weight excluding hydrogens is 393 g/mol. The van der Waals surface area contributed by atoms with E-state index in [0.29, 0.717) is 12.5 Å². The molecule has 0 heterocycles. The Morgan fingerprint density at radius 2 is 1.85 bits per heavy atom. The maximum atomic E-state index is 14.3. The molecule has 1 aromatic rings. The van der Waals surface area contributed by atoms with Crippen molar-refractivity contribution in [1.29, 1.82) is 0 Å². The van der Waals surface area contributed by atoms with Gasteiger partial charge in [-0.1, -0.05) is 11.6 Å². The summed E-state index contributed by atoms with van der Waals surface area (Å²) in [4.78, 5) is 11.9. The van der Waals surface area contributed by atoms with Crippen LogP contribution in [-0.4, -0.2) is 27.2 Å². The average molecular weight is 416 g/mol. The molecule has 3 aliphatic rings. The Kier molecular flexibility index (Phi) is 4.87. The molecule has 0 aromatic heterocycles. The van der Waals surface area contributed by atoms with Crippen LogP contribution in [0.4, 0.5) is 4.39 Å². The molecule has 1 aromatic carbocycles. The second-order valence-corrected chi connectivity index (χ2v) is 10.4. The number of fused-ring (bicyclic) bond motifs is 5. The highest BCUT2D eigenvalue weighted by Crippen LogP contribution is 2.60. The van der Waals surface area contributed by atoms with Crippen LogP contribution in [0.2, 0.25) is 5.02 Å². The van der Waals surface area contributed by atoms with Crippen molar-refractivity contribution < 1.29 is 22.3 Å². The lowest BCUT2D eigenvalue weighted by atomic mass is 9.82. The number of sulfonamides is 1. The van der Waals surface area contributed by atoms with Gasteiger partial charge in [0.2, 0.25) is 10.0 Å². The zero-order valence-electron chi connectivity index (χ0n) is 15.1. The molecule has 148 valence electrons. The molecule has 3 aliphatic carbocycles. The minimum atomic E-state index is -3.78. The molecule has 3 fully saturated rings. The van der Waals surface area contributed by atoms with E-state index in [1.165, 1.54) is 32.1 Å². The predicted molar refractivity (Wildman–Crippen MR) is 99.8 cm³/mol. The van der Waals surface area contributed by atoms with Crippen molar-refractivity contribution in [2.45, 2.75) is 32.1 Å². The molecule has 2 bridgehead atoms. The number of carbonyl (C=O) groups excluding carboxylic acids is 1. The van der Waals surface area contributed by atoms with Gasteiger partial charge in [0.1, 0.15) is 11.6 Å². The standard InChI is InChI=1S/C19H23ClFNO4S/c1-27(24,25)22-19(23)15-7-16(20)18(8-17(15)21)26-9-10-4-13-11-2-3-12(6-11)14(13)5-10/h7-8,10-14H,2-6,9H2,1H3,(H,22,23). The summed E-state index contributed by atoms with van der Waals surface area (Å²) < 4.78 is 44.1. The van der Waals surface area contributed by atoms with Crippen LogP contribution in [0.15, 0.2) is 12.1 Å². The van der Waals surface area contributed by atoms with Gasteiger partial charge in [0.05, 0.1) is 23.4 Å². The quantitative estimate of drug-likeness (QED) is 0.797. The smallest absolute Gasteiger partial charge is 0.267 e. The summed E-state index contributed by atoms with van der Waals surface area (Å²) in [6.07, 6.45) is 7.30. The lowest BCUT2D eigenvalue weighted by Crippen LogP contribution is -2.30. The second-order valence-electron chi connectivity index (χ2n) is 8.28. The highest BCUT2D eigenvalue weighted by Gasteiger charge is 2.51. The Hall–Kier alpha value is -1.34. The van der Waals surface area contributed by atoms with Crippen LogP contribution in [0.3, 0.4) is 0 Å². The van der Waals surface area contributed by atoms with E-state index in [4.69, 9.17) is 16.3 Å². The SMILES string of the molecule is CS(=O)(=O)NC(=O)c1cc(Cl)c(OCC2CC3C4CCC(C4)C3C2)cc1F. The molecule has 5 nitrogen and oxygen atoms in total. The minimum Gasteiger partial charge on any atom is -0.492 e. The largest absolute Gasteiger partial charge is 0.492 e. The number of rotatable bonds is 5. The van der Waals surface area contributed by atoms with Crippen molar-refractivity contribution in [3.63, 3.8) is 0 Å². The summed E-state index contributed by atoms with van der Waals surface area (Å²) in [6, 6.07) is 2.16. The van der Waals surface area contributed by atoms with Gasteiger partial charge in [-0.05, 0) is 67.8 Å². The van der Waals surface area contributed by atoms with Crippen LogP contribution < -0.4 is 9.46 Å². The molecule has 1 amide bonds. The number of hydrogen-bond donors (Lipinski definition) is 1. The van der Waals surface area contributed by atoms with E-state index in [0.717, 1.165) is 42.1 Å². The zero-order valence-corrected chi connectivity index (χ0v) is 16.7. The summed E-state index contributed by atoms with van der Waals surface area (Å²) in [5.41, 5.74) is -0.426. The maximum Gasteiger partial charge on any atom is 0.267 e. The molecule has 4 atom stereocenters. The third-order valence-corrected chi connectivity index (χ3v) is 7.36. The Morgan fingerprint density at radius 1 is 1.22 bits per heavy atom. The van der Waals surface area contributed by atoms with Gasteiger partial charge in [0.15, 0.2) is 0 Å². The molecule has 27 heavy (non-hydrogen) atoms. The number of hydrogen-bond acceptors (Lipinski definition) is 4. The highest BCUT2D eigenvalue weighted by atomic mass is 35.5. The van der Waals surface area contributed by atoms with Gasteiger partial charge in [0.25, 0.3) is 5.91 Å². The number of nitrogens with one attached hydrogen (secondary N) is 1. The van der Waals surface area contributed by atoms with Gasteiger partial charge in [-0.3, -0.25) is 4.79 Å². The first-order valence-corrected chi connectivity index (χ1v) is 11.6. The number of ether oxygens (including phenoxy) is 1. The third-order valence-electron chi connectivity index (χ3n) is 6.50. The summed E-state index contributed by atoms with van der Waals surface area (Å²) in [5.74, 6) is 2.15. The van der Waals surface area contributed by atoms with Crippen LogP contribution in [0.5, 0.6) is 5.75 Å². The monoisotopic (exact) mass is 415 g/mol. The van der Waals surface area contributed by atoms with Crippen LogP contribution in [-0.2, 0) is 10.0 Å². The molecule has 4 unspecified atom stereocenters. The number of amides is 1. The van der Waals surface area contributed by atoms with Gasteiger partial charge in [-0.25, -0.2) is 17.5 Å². The topological polar surface area (TPSA) is 72.5 Å². The van der Waals surface area contributed by atoms with Gasteiger partial charge < -0.3 is 4.74 Å². The van der Waals surface area contributed by atoms with E-state index < -0.39 is 27.3 Å². The summed E-state index contributed by atoms with van der Waals surface area (Å²) >= 11 is 6.13. The van der Waals surface area contributed by atoms with Crippen LogP contribution >= 0.6 is 11.6 Å². The second kappa shape index (κ2) is 6.92. The van der Waals surface area contributed by atoms with Crippen molar-refractivity contribution in [2.24, 2.45) is 29.6 Å². The zero-order chi connectivity index (χ0) is 19.3. The van der Waals surface area contributed by atoms with E-state index in [1.807, 2.05) is 0 Å². The fourth-order valence-corrected chi connectivity index (χ4v) is 6.18. The molecule has 0 aliphatic heterocycles. The Morgan fingerprint density at radius 3 is 2.44 bits per heavy atom. The van der Waals surface area contributed by atoms with E-state index in [2.05, 4.69) is 0 Å². The highest BCUT2D eigenvalue weighted by molar-refractivity contribution is 7.89. The van der Waals surface area contributed by atoms with Crippen LogP contribution in [0, 0.1) is 35.4 Å². The van der Waals surface area contributed by atoms with Crippen molar-refractivity contribution >= 4 is 27.5 Å². The van der Waals surface area contributed by atoms with E-state index in [-0.39, 0.29) is 10.8 Å². The van der Waals surface area contributed by atoms with E-state index >= 15 is 0 Å². The first-order valence-electron chi connectivity index (χ1n) is 9.35. The molecule has 0 saturated heterocycles. The van der Waals surface area contributed by atoms with Crippen molar-refractivity contribution in [1.82, 2.24) is 4.72 Å². The van der Waals surface area contributed by atoms with Crippen molar-refractivity contribution in [3.8, 4) is 5.75 Å². The first-order chi connectivity index (χ1) is 12.7. The van der Waals surface area contributed by atoms with Crippen molar-refractivity contribution in [3.05, 3.63) is 28.5 Å². The summed E-state index contributed by atoms with van der Waals surface area (Å²) in [5, 5.41) is 0.0910. The lowest BCUT2D eigenvalue weighted by Gasteiger charge is -2.23. The summed E-state index contributed by atoms with van der Waals surface area (Å²) in [6.45, 7) is 0.487. The molecule has 0 radical (unpaired) electrons. The minimum absolute atomic E-state index is 0.0910. The Balaban J connectivity index is 1.40. The predicted octanol–water partition coefficient (Wildman–Crippen LogP) is 3.62. The lowest BCUT2D eigenvalue weighted by molar-refractivity contribution is 0.0977. The Bertz CT molecular complexity index is 857. The molecule has 0 spiro atoms. The van der Waals surface area contributed by atoms with Gasteiger partial charge in [-0.2, -0.15) is 0 Å². The van der Waals surface area contributed by atoms with Crippen molar-refractivity contribution in [2.75, 3.05) is 12.9 Å². The molecule has 1 N–H and O–H groups in total. The molecular formula is C19H23ClFNO4S. The fraction of sp³-hybridized carbons (Fsp3) is 0.632. The van der Waals surface area contributed by atoms with Gasteiger partial charge in [-0.15, -0.1) is 0 Å². The van der Waals surface area contributed by atoms with E-state index in [1.54, 1.807) is 4.72 Å². The number of carbonyl (C=O) groups is 1. The Labute approximate surface area is 163 Å². The maximum absolute atomic E-state index is 14.3. The van der Waals surface area contributed by atoms with Crippen LogP contribution in [0.1, 0.15) is 42.5 Å².